The van der Waals surface area contributed by atoms with Crippen molar-refractivity contribution in [3.8, 4) is 11.5 Å². The van der Waals surface area contributed by atoms with Crippen molar-refractivity contribution < 1.29 is 9.21 Å². The number of carbonyl (C=O) groups excluding carboxylic acids is 1. The van der Waals surface area contributed by atoms with Gasteiger partial charge >= 0.3 is 0 Å². The molecule has 0 atom stereocenters. The summed E-state index contributed by atoms with van der Waals surface area (Å²) in [6, 6.07) is 7.58. The fraction of sp³-hybridized carbons (Fsp3) is 0.412. The van der Waals surface area contributed by atoms with Crippen LogP contribution in [0.15, 0.2) is 28.7 Å². The van der Waals surface area contributed by atoms with Crippen LogP contribution < -0.4 is 5.32 Å². The largest absolute Gasteiger partial charge is 0.441 e. The summed E-state index contributed by atoms with van der Waals surface area (Å²) in [6.07, 6.45) is 1.71. The molecule has 0 aliphatic heterocycles. The van der Waals surface area contributed by atoms with Crippen LogP contribution in [0.5, 0.6) is 0 Å². The summed E-state index contributed by atoms with van der Waals surface area (Å²) in [5.74, 6) is 1.59. The molecular weight excluding hydrogens is 264 g/mol. The Balaban J connectivity index is 2.10. The van der Waals surface area contributed by atoms with Crippen LogP contribution in [0.3, 0.4) is 0 Å². The first kappa shape index (κ1) is 15.3. The van der Waals surface area contributed by atoms with Crippen molar-refractivity contribution in [3.63, 3.8) is 0 Å². The van der Waals surface area contributed by atoms with Gasteiger partial charge in [0.15, 0.2) is 0 Å². The van der Waals surface area contributed by atoms with E-state index in [0.717, 1.165) is 35.5 Å². The van der Waals surface area contributed by atoms with Crippen LogP contribution in [-0.4, -0.2) is 10.9 Å². The van der Waals surface area contributed by atoms with Crippen molar-refractivity contribution in [2.75, 3.05) is 5.32 Å². The second kappa shape index (κ2) is 6.57. The number of nitrogens with zero attached hydrogens (tertiary/aromatic N) is 1. The Labute approximate surface area is 125 Å². The summed E-state index contributed by atoms with van der Waals surface area (Å²) in [5.41, 5.74) is 2.61. The fourth-order valence-electron chi connectivity index (χ4n) is 2.20. The molecule has 21 heavy (non-hydrogen) atoms. The zero-order valence-electron chi connectivity index (χ0n) is 13.1. The summed E-state index contributed by atoms with van der Waals surface area (Å²) < 4.78 is 5.60. The minimum Gasteiger partial charge on any atom is -0.441 e. The number of benzene rings is 1. The Morgan fingerprint density at radius 2 is 1.81 bits per heavy atom. The van der Waals surface area contributed by atoms with Gasteiger partial charge in [0.1, 0.15) is 5.76 Å². The molecule has 1 heterocycles. The summed E-state index contributed by atoms with van der Waals surface area (Å²) >= 11 is 0. The number of aryl methyl sites for hydroxylation is 2. The third-order valence-corrected chi connectivity index (χ3v) is 3.78. The molecule has 0 saturated heterocycles. The van der Waals surface area contributed by atoms with Crippen LogP contribution in [-0.2, 0) is 4.79 Å². The molecule has 0 radical (unpaired) electrons. The van der Waals surface area contributed by atoms with E-state index in [1.807, 2.05) is 52.0 Å². The van der Waals surface area contributed by atoms with Gasteiger partial charge in [-0.1, -0.05) is 13.8 Å². The minimum atomic E-state index is 0.0710. The summed E-state index contributed by atoms with van der Waals surface area (Å²) in [4.78, 5) is 16.4. The van der Waals surface area contributed by atoms with Crippen LogP contribution in [0.25, 0.3) is 11.5 Å². The molecule has 1 aromatic heterocycles. The first-order valence-electron chi connectivity index (χ1n) is 7.40. The highest BCUT2D eigenvalue weighted by atomic mass is 16.4. The van der Waals surface area contributed by atoms with Crippen molar-refractivity contribution in [2.24, 2.45) is 5.92 Å². The van der Waals surface area contributed by atoms with Gasteiger partial charge in [0, 0.05) is 17.2 Å². The Morgan fingerprint density at radius 1 is 1.19 bits per heavy atom. The molecule has 2 rings (SSSR count). The lowest BCUT2D eigenvalue weighted by Gasteiger charge is -2.12. The van der Waals surface area contributed by atoms with E-state index in [0.29, 0.717) is 5.89 Å². The Hall–Kier alpha value is -2.10. The smallest absolute Gasteiger partial charge is 0.227 e. The van der Waals surface area contributed by atoms with E-state index in [1.165, 1.54) is 0 Å². The molecule has 4 heteroatoms. The van der Waals surface area contributed by atoms with Crippen LogP contribution in [0.2, 0.25) is 0 Å². The second-order valence-electron chi connectivity index (χ2n) is 5.24. The number of anilines is 1. The first-order valence-corrected chi connectivity index (χ1v) is 7.40. The molecule has 0 unspecified atom stereocenters. The maximum atomic E-state index is 12.0. The van der Waals surface area contributed by atoms with Gasteiger partial charge in [0.05, 0.1) is 5.69 Å². The van der Waals surface area contributed by atoms with Gasteiger partial charge in [-0.05, 0) is 51.0 Å². The highest BCUT2D eigenvalue weighted by molar-refractivity contribution is 5.92. The van der Waals surface area contributed by atoms with Gasteiger partial charge in [-0.2, -0.15) is 0 Å². The Bertz CT molecular complexity index is 591. The van der Waals surface area contributed by atoms with Crippen molar-refractivity contribution in [1.29, 1.82) is 0 Å². The Morgan fingerprint density at radius 3 is 2.29 bits per heavy atom. The van der Waals surface area contributed by atoms with Crippen molar-refractivity contribution in [3.05, 3.63) is 35.7 Å². The van der Waals surface area contributed by atoms with Crippen molar-refractivity contribution in [2.45, 2.75) is 40.5 Å². The number of hydrogen-bond donors (Lipinski definition) is 1. The van der Waals surface area contributed by atoms with Crippen LogP contribution in [0.4, 0.5) is 5.69 Å². The minimum absolute atomic E-state index is 0.0710. The highest BCUT2D eigenvalue weighted by Gasteiger charge is 2.14. The van der Waals surface area contributed by atoms with E-state index >= 15 is 0 Å². The van der Waals surface area contributed by atoms with E-state index in [1.54, 1.807) is 0 Å². The van der Waals surface area contributed by atoms with Crippen molar-refractivity contribution >= 4 is 11.6 Å². The average molecular weight is 286 g/mol. The van der Waals surface area contributed by atoms with Gasteiger partial charge in [-0.15, -0.1) is 0 Å². The van der Waals surface area contributed by atoms with Gasteiger partial charge in [-0.3, -0.25) is 4.79 Å². The van der Waals surface area contributed by atoms with Crippen LogP contribution >= 0.6 is 0 Å². The first-order chi connectivity index (χ1) is 10.0. The topological polar surface area (TPSA) is 55.1 Å². The molecule has 112 valence electrons. The molecular formula is C17H22N2O2. The normalized spacial score (nSPS) is 10.9. The second-order valence-corrected chi connectivity index (χ2v) is 5.24. The molecule has 0 aliphatic carbocycles. The third-order valence-electron chi connectivity index (χ3n) is 3.78. The maximum absolute atomic E-state index is 12.0. The number of amides is 1. The van der Waals surface area contributed by atoms with Crippen LogP contribution in [0, 0.1) is 19.8 Å². The predicted octanol–water partition coefficient (Wildman–Crippen LogP) is 4.33. The molecule has 4 nitrogen and oxygen atoms in total. The Kier molecular flexibility index (Phi) is 4.78. The molecule has 0 saturated carbocycles. The highest BCUT2D eigenvalue weighted by Crippen LogP contribution is 2.23. The molecule has 2 aromatic rings. The lowest BCUT2D eigenvalue weighted by atomic mass is 10.0. The zero-order valence-corrected chi connectivity index (χ0v) is 13.1. The predicted molar refractivity (Wildman–Crippen MR) is 84.1 cm³/mol. The molecule has 0 fully saturated rings. The number of hydrogen-bond acceptors (Lipinski definition) is 3. The van der Waals surface area contributed by atoms with E-state index in [-0.39, 0.29) is 11.8 Å². The summed E-state index contributed by atoms with van der Waals surface area (Å²) in [6.45, 7) is 7.89. The van der Waals surface area contributed by atoms with Gasteiger partial charge in [0.25, 0.3) is 0 Å². The number of oxazole rings is 1. The van der Waals surface area contributed by atoms with E-state index < -0.39 is 0 Å². The lowest BCUT2D eigenvalue weighted by Crippen LogP contribution is -2.21. The average Bonchev–Trinajstić information content (AvgIpc) is 2.81. The molecule has 0 aliphatic rings. The fourth-order valence-corrected chi connectivity index (χ4v) is 2.20. The zero-order chi connectivity index (χ0) is 15.4. The van der Waals surface area contributed by atoms with Crippen molar-refractivity contribution in [1.82, 2.24) is 4.98 Å². The molecule has 0 bridgehead atoms. The van der Waals surface area contributed by atoms with Gasteiger partial charge in [-0.25, -0.2) is 4.98 Å². The molecule has 0 spiro atoms. The van der Waals surface area contributed by atoms with E-state index in [2.05, 4.69) is 10.3 Å². The maximum Gasteiger partial charge on any atom is 0.227 e. The summed E-state index contributed by atoms with van der Waals surface area (Å²) in [7, 11) is 0. The molecule has 1 amide bonds. The van der Waals surface area contributed by atoms with E-state index in [9.17, 15) is 4.79 Å². The van der Waals surface area contributed by atoms with Gasteiger partial charge < -0.3 is 9.73 Å². The van der Waals surface area contributed by atoms with Crippen LogP contribution in [0.1, 0.15) is 38.1 Å². The lowest BCUT2D eigenvalue weighted by molar-refractivity contribution is -0.120. The molecule has 1 aromatic carbocycles. The van der Waals surface area contributed by atoms with Gasteiger partial charge in [0.2, 0.25) is 11.8 Å². The van der Waals surface area contributed by atoms with E-state index in [4.69, 9.17) is 4.42 Å². The standard InChI is InChI=1S/C17H22N2O2/c1-5-13(6-2)16(20)19-15-9-7-14(8-10-15)17-18-11(3)12(4)21-17/h7-10,13H,5-6H2,1-4H3,(H,19,20). The number of nitrogens with one attached hydrogen (secondary N) is 1. The number of carbonyl (C=O) groups is 1. The number of rotatable bonds is 5. The SMILES string of the molecule is CCC(CC)C(=O)Nc1ccc(-c2nc(C)c(C)o2)cc1. The summed E-state index contributed by atoms with van der Waals surface area (Å²) in [5, 5.41) is 2.95. The monoisotopic (exact) mass is 286 g/mol. The quantitative estimate of drug-likeness (QED) is 0.889. The molecule has 1 N–H and O–H groups in total. The third kappa shape index (κ3) is 3.51. The number of aromatic nitrogens is 1.